The largest absolute Gasteiger partial charge is 0.466 e. The number of esters is 1. The molecule has 0 rings (SSSR count). The van der Waals surface area contributed by atoms with Crippen LogP contribution in [0.1, 0.15) is 258 Å². The van der Waals surface area contributed by atoms with Crippen molar-refractivity contribution in [1.82, 2.24) is 5.32 Å². The average Bonchev–Trinajstić information content (AvgIpc) is 3.22. The van der Waals surface area contributed by atoms with Crippen LogP contribution >= 0.6 is 0 Å². The second-order valence-corrected chi connectivity index (χ2v) is 17.1. The Kier molecular flexibility index (Phi) is 46.2. The molecular formula is C52H97NO5. The number of carbonyl (C=O) groups excluding carboxylic acids is 2. The highest BCUT2D eigenvalue weighted by atomic mass is 16.5. The summed E-state index contributed by atoms with van der Waals surface area (Å²) < 4.78 is 5.44. The molecule has 0 aromatic heterocycles. The average molecular weight is 816 g/mol. The van der Waals surface area contributed by atoms with Crippen molar-refractivity contribution in [3.63, 3.8) is 0 Å². The van der Waals surface area contributed by atoms with Gasteiger partial charge in [-0.1, -0.05) is 230 Å². The number of rotatable bonds is 46. The summed E-state index contributed by atoms with van der Waals surface area (Å²) >= 11 is 0. The topological polar surface area (TPSA) is 95.9 Å². The molecule has 0 aromatic rings. The number of ether oxygens (including phenoxy) is 1. The van der Waals surface area contributed by atoms with Crippen LogP contribution in [0.15, 0.2) is 36.5 Å². The number of carbonyl (C=O) groups is 2. The van der Waals surface area contributed by atoms with Crippen LogP contribution in [-0.4, -0.2) is 47.4 Å². The van der Waals surface area contributed by atoms with Crippen LogP contribution in [0.4, 0.5) is 0 Å². The van der Waals surface area contributed by atoms with Crippen LogP contribution in [0, 0.1) is 0 Å². The summed E-state index contributed by atoms with van der Waals surface area (Å²) in [5, 5.41) is 23.0. The van der Waals surface area contributed by atoms with E-state index in [0.29, 0.717) is 25.9 Å². The van der Waals surface area contributed by atoms with Gasteiger partial charge in [0.1, 0.15) is 0 Å². The number of aliphatic hydroxyl groups excluding tert-OH is 2. The zero-order valence-corrected chi connectivity index (χ0v) is 38.5. The van der Waals surface area contributed by atoms with Gasteiger partial charge < -0.3 is 20.3 Å². The molecule has 0 saturated carbocycles. The molecule has 1 amide bonds. The van der Waals surface area contributed by atoms with Crippen LogP contribution in [0.5, 0.6) is 0 Å². The second-order valence-electron chi connectivity index (χ2n) is 17.1. The van der Waals surface area contributed by atoms with E-state index in [1.54, 1.807) is 6.08 Å². The number of hydrogen-bond donors (Lipinski definition) is 3. The monoisotopic (exact) mass is 816 g/mol. The first-order valence-electron chi connectivity index (χ1n) is 25.3. The predicted molar refractivity (Wildman–Crippen MR) is 250 cm³/mol. The van der Waals surface area contributed by atoms with E-state index in [4.69, 9.17) is 4.74 Å². The van der Waals surface area contributed by atoms with Crippen LogP contribution < -0.4 is 5.32 Å². The van der Waals surface area contributed by atoms with E-state index in [0.717, 1.165) is 51.4 Å². The Morgan fingerprint density at radius 1 is 0.483 bits per heavy atom. The molecular weight excluding hydrogens is 719 g/mol. The Labute approximate surface area is 360 Å². The third-order valence-corrected chi connectivity index (χ3v) is 11.4. The minimum atomic E-state index is -0.878. The van der Waals surface area contributed by atoms with Crippen LogP contribution in [0.25, 0.3) is 0 Å². The van der Waals surface area contributed by atoms with Gasteiger partial charge in [0.05, 0.1) is 25.4 Å². The molecule has 0 heterocycles. The molecule has 0 bridgehead atoms. The van der Waals surface area contributed by atoms with E-state index in [9.17, 15) is 19.8 Å². The molecule has 2 atom stereocenters. The van der Waals surface area contributed by atoms with E-state index < -0.39 is 12.1 Å². The van der Waals surface area contributed by atoms with Gasteiger partial charge in [0, 0.05) is 12.8 Å². The van der Waals surface area contributed by atoms with Gasteiger partial charge in [-0.2, -0.15) is 0 Å². The lowest BCUT2D eigenvalue weighted by Crippen LogP contribution is -2.45. The summed E-state index contributed by atoms with van der Waals surface area (Å²) in [6, 6.07) is -0.671. The molecule has 0 aliphatic carbocycles. The zero-order chi connectivity index (χ0) is 42.3. The van der Waals surface area contributed by atoms with Crippen molar-refractivity contribution >= 4 is 11.9 Å². The van der Waals surface area contributed by atoms with Crippen molar-refractivity contribution in [2.45, 2.75) is 270 Å². The highest BCUT2D eigenvalue weighted by Gasteiger charge is 2.17. The van der Waals surface area contributed by atoms with Crippen molar-refractivity contribution < 1.29 is 24.5 Å². The summed E-state index contributed by atoms with van der Waals surface area (Å²) in [7, 11) is 0. The Bertz CT molecular complexity index is 946. The zero-order valence-electron chi connectivity index (χ0n) is 38.5. The maximum atomic E-state index is 12.4. The highest BCUT2D eigenvalue weighted by Crippen LogP contribution is 2.15. The van der Waals surface area contributed by atoms with Gasteiger partial charge in [0.25, 0.3) is 0 Å². The molecule has 0 aromatic carbocycles. The molecule has 340 valence electrons. The molecule has 0 aliphatic heterocycles. The molecule has 0 aliphatic rings. The van der Waals surface area contributed by atoms with Gasteiger partial charge >= 0.3 is 5.97 Å². The maximum Gasteiger partial charge on any atom is 0.305 e. The molecule has 3 N–H and O–H groups in total. The minimum Gasteiger partial charge on any atom is -0.466 e. The quantitative estimate of drug-likeness (QED) is 0.0323. The second kappa shape index (κ2) is 47.8. The lowest BCUT2D eigenvalue weighted by Gasteiger charge is -2.19. The van der Waals surface area contributed by atoms with Gasteiger partial charge in [0.2, 0.25) is 5.91 Å². The number of hydrogen-bond acceptors (Lipinski definition) is 5. The van der Waals surface area contributed by atoms with Crippen molar-refractivity contribution in [3.8, 4) is 0 Å². The smallest absolute Gasteiger partial charge is 0.305 e. The minimum absolute atomic E-state index is 0.0176. The third-order valence-electron chi connectivity index (χ3n) is 11.4. The fourth-order valence-corrected chi connectivity index (χ4v) is 7.51. The first-order chi connectivity index (χ1) is 28.5. The van der Waals surface area contributed by atoms with Crippen LogP contribution in [0.2, 0.25) is 0 Å². The summed E-state index contributed by atoms with van der Waals surface area (Å²) in [5.41, 5.74) is 0. The maximum absolute atomic E-state index is 12.4. The summed E-state index contributed by atoms with van der Waals surface area (Å²) in [6.07, 6.45) is 57.2. The molecule has 2 unspecified atom stereocenters. The normalized spacial score (nSPS) is 13.0. The Balaban J connectivity index is 3.59. The Hall–Kier alpha value is -1.92. The van der Waals surface area contributed by atoms with E-state index in [2.05, 4.69) is 37.4 Å². The first kappa shape index (κ1) is 56.1. The standard InChI is InChI=1S/C52H97NO5/c1-3-5-7-9-11-13-15-17-18-21-24-28-32-36-40-44-50(55)49(48-54)53-51(56)45-41-37-33-29-25-22-19-23-27-31-35-39-43-47-58-52(57)46-42-38-34-30-26-20-16-14-12-10-8-6-4-2/h22,25,33,37,40,44,49-50,54-55H,3-21,23-24,26-32,34-36,38-39,41-43,45-48H2,1-2H3,(H,53,56)/b25-22-,37-33-,44-40+. The number of nitrogens with one attached hydrogen (secondary N) is 1. The third kappa shape index (κ3) is 43.7. The van der Waals surface area contributed by atoms with E-state index >= 15 is 0 Å². The number of allylic oxidation sites excluding steroid dienone is 5. The van der Waals surface area contributed by atoms with Crippen LogP contribution in [0.3, 0.4) is 0 Å². The van der Waals surface area contributed by atoms with E-state index in [1.165, 1.54) is 173 Å². The predicted octanol–water partition coefficient (Wildman–Crippen LogP) is 14.9. The van der Waals surface area contributed by atoms with Crippen molar-refractivity contribution in [2.75, 3.05) is 13.2 Å². The van der Waals surface area contributed by atoms with Crippen LogP contribution in [-0.2, 0) is 14.3 Å². The summed E-state index contributed by atoms with van der Waals surface area (Å²) in [6.45, 7) is 4.83. The lowest BCUT2D eigenvalue weighted by atomic mass is 10.0. The van der Waals surface area contributed by atoms with Gasteiger partial charge in [-0.25, -0.2) is 0 Å². The van der Waals surface area contributed by atoms with Crippen molar-refractivity contribution in [3.05, 3.63) is 36.5 Å². The SMILES string of the molecule is CCCCCCCCCCCCCCC/C=C/C(O)C(CO)NC(=O)CC/C=C\C/C=C\CCCCCCCCOC(=O)CCCCCCCCCCCCCCC. The molecule has 0 saturated heterocycles. The molecule has 6 heteroatoms. The van der Waals surface area contributed by atoms with Gasteiger partial charge in [0.15, 0.2) is 0 Å². The fraction of sp³-hybridized carbons (Fsp3) is 0.846. The molecule has 0 fully saturated rings. The molecule has 0 radical (unpaired) electrons. The fourth-order valence-electron chi connectivity index (χ4n) is 7.51. The number of aliphatic hydroxyl groups is 2. The van der Waals surface area contributed by atoms with Gasteiger partial charge in [-0.15, -0.1) is 0 Å². The van der Waals surface area contributed by atoms with Gasteiger partial charge in [-0.3, -0.25) is 9.59 Å². The first-order valence-corrected chi connectivity index (χ1v) is 25.3. The lowest BCUT2D eigenvalue weighted by molar-refractivity contribution is -0.143. The number of unbranched alkanes of at least 4 members (excludes halogenated alkanes) is 31. The Morgan fingerprint density at radius 2 is 0.879 bits per heavy atom. The summed E-state index contributed by atoms with van der Waals surface area (Å²) in [4.78, 5) is 24.4. The summed E-state index contributed by atoms with van der Waals surface area (Å²) in [5.74, 6) is -0.166. The number of amides is 1. The molecule has 58 heavy (non-hydrogen) atoms. The Morgan fingerprint density at radius 3 is 1.34 bits per heavy atom. The van der Waals surface area contributed by atoms with Crippen molar-refractivity contribution in [1.29, 1.82) is 0 Å². The van der Waals surface area contributed by atoms with E-state index in [1.807, 2.05) is 12.2 Å². The molecule has 6 nitrogen and oxygen atoms in total. The highest BCUT2D eigenvalue weighted by molar-refractivity contribution is 5.76. The molecule has 0 spiro atoms. The van der Waals surface area contributed by atoms with E-state index in [-0.39, 0.29) is 18.5 Å². The van der Waals surface area contributed by atoms with Crippen molar-refractivity contribution in [2.24, 2.45) is 0 Å². The van der Waals surface area contributed by atoms with Gasteiger partial charge in [-0.05, 0) is 51.4 Å².